The number of rotatable bonds is 6. The maximum Gasteiger partial charge on any atom is 0.223 e. The predicted octanol–water partition coefficient (Wildman–Crippen LogP) is 1.06. The quantitative estimate of drug-likeness (QED) is 0.797. The molecule has 1 saturated carbocycles. The van der Waals surface area contributed by atoms with Gasteiger partial charge in [0.05, 0.1) is 12.3 Å². The summed E-state index contributed by atoms with van der Waals surface area (Å²) in [5, 5.41) is 14.3. The highest BCUT2D eigenvalue weighted by atomic mass is 32.1. The molecule has 17 heavy (non-hydrogen) atoms. The van der Waals surface area contributed by atoms with E-state index in [0.29, 0.717) is 17.7 Å². The van der Waals surface area contributed by atoms with Crippen molar-refractivity contribution >= 4 is 22.4 Å². The number of hydrogen-bond donors (Lipinski definition) is 2. The van der Waals surface area contributed by atoms with E-state index in [1.165, 1.54) is 31.1 Å². The molecule has 0 radical (unpaired) electrons. The monoisotopic (exact) mass is 255 g/mol. The Kier molecular flexibility index (Phi) is 4.09. The second-order valence-corrected chi connectivity index (χ2v) is 5.11. The van der Waals surface area contributed by atoms with Gasteiger partial charge in [0.15, 0.2) is 5.13 Å². The predicted molar refractivity (Wildman–Crippen MR) is 66.9 cm³/mol. The number of aliphatic hydroxyl groups excluding tert-OH is 1. The van der Waals surface area contributed by atoms with Crippen molar-refractivity contribution in [3.05, 3.63) is 11.1 Å². The molecule has 1 aromatic rings. The van der Waals surface area contributed by atoms with Gasteiger partial charge in [-0.15, -0.1) is 11.3 Å². The molecule has 1 fully saturated rings. The summed E-state index contributed by atoms with van der Waals surface area (Å²) in [4.78, 5) is 17.5. The van der Waals surface area contributed by atoms with Crippen LogP contribution < -0.4 is 5.32 Å². The zero-order chi connectivity index (χ0) is 12.3. The molecular formula is C11H17N3O2S. The van der Waals surface area contributed by atoms with Gasteiger partial charge in [-0.3, -0.25) is 9.69 Å². The average molecular weight is 255 g/mol. The minimum absolute atomic E-state index is 0.0969. The van der Waals surface area contributed by atoms with Crippen molar-refractivity contribution in [3.63, 3.8) is 0 Å². The zero-order valence-corrected chi connectivity index (χ0v) is 10.7. The first-order chi connectivity index (χ1) is 8.19. The van der Waals surface area contributed by atoms with E-state index in [0.717, 1.165) is 12.2 Å². The van der Waals surface area contributed by atoms with Gasteiger partial charge in [0, 0.05) is 31.4 Å². The van der Waals surface area contributed by atoms with Crippen LogP contribution in [0.2, 0.25) is 0 Å². The summed E-state index contributed by atoms with van der Waals surface area (Å²) in [5.41, 5.74) is 0.958. The van der Waals surface area contributed by atoms with E-state index >= 15 is 0 Å². The zero-order valence-electron chi connectivity index (χ0n) is 9.85. The Labute approximate surface area is 104 Å². The van der Waals surface area contributed by atoms with Crippen LogP contribution in [0.15, 0.2) is 5.38 Å². The molecule has 0 bridgehead atoms. The van der Waals surface area contributed by atoms with E-state index in [-0.39, 0.29) is 12.5 Å². The maximum atomic E-state index is 10.9. The fourth-order valence-corrected chi connectivity index (χ4v) is 2.50. The van der Waals surface area contributed by atoms with Gasteiger partial charge in [-0.25, -0.2) is 4.98 Å². The van der Waals surface area contributed by atoms with E-state index < -0.39 is 0 Å². The highest BCUT2D eigenvalue weighted by molar-refractivity contribution is 7.13. The maximum absolute atomic E-state index is 10.9. The lowest BCUT2D eigenvalue weighted by Gasteiger charge is -2.19. The van der Waals surface area contributed by atoms with Crippen molar-refractivity contribution in [2.75, 3.05) is 18.5 Å². The number of aromatic nitrogens is 1. The average Bonchev–Trinajstić information content (AvgIpc) is 3.01. The lowest BCUT2D eigenvalue weighted by atomic mass is 10.4. The molecule has 1 aromatic heterocycles. The number of amides is 1. The summed E-state index contributed by atoms with van der Waals surface area (Å²) < 4.78 is 0. The number of carbonyl (C=O) groups is 1. The third-order valence-electron chi connectivity index (χ3n) is 2.65. The van der Waals surface area contributed by atoms with Crippen LogP contribution in [0.3, 0.4) is 0 Å². The first kappa shape index (κ1) is 12.5. The molecule has 6 heteroatoms. The van der Waals surface area contributed by atoms with Crippen LogP contribution in [0.5, 0.6) is 0 Å². The summed E-state index contributed by atoms with van der Waals surface area (Å²) in [5.74, 6) is -0.0969. The fraction of sp³-hybridized carbons (Fsp3) is 0.636. The molecule has 1 amide bonds. The fourth-order valence-electron chi connectivity index (χ4n) is 1.75. The molecule has 0 aromatic carbocycles. The molecule has 0 aliphatic heterocycles. The molecule has 1 aliphatic rings. The molecule has 2 rings (SSSR count). The van der Waals surface area contributed by atoms with E-state index in [1.807, 2.05) is 5.38 Å². The Morgan fingerprint density at radius 2 is 2.47 bits per heavy atom. The summed E-state index contributed by atoms with van der Waals surface area (Å²) in [6.45, 7) is 3.10. The third kappa shape index (κ3) is 3.76. The third-order valence-corrected chi connectivity index (χ3v) is 3.46. The summed E-state index contributed by atoms with van der Waals surface area (Å²) >= 11 is 1.44. The van der Waals surface area contributed by atoms with Crippen molar-refractivity contribution in [1.29, 1.82) is 0 Å². The Morgan fingerprint density at radius 3 is 3.06 bits per heavy atom. The van der Waals surface area contributed by atoms with E-state index in [4.69, 9.17) is 5.11 Å². The van der Waals surface area contributed by atoms with Gasteiger partial charge in [0.25, 0.3) is 0 Å². The largest absolute Gasteiger partial charge is 0.395 e. The Hall–Kier alpha value is -0.980. The molecule has 0 unspecified atom stereocenters. The molecule has 5 nitrogen and oxygen atoms in total. The number of nitrogens with one attached hydrogen (secondary N) is 1. The van der Waals surface area contributed by atoms with Gasteiger partial charge >= 0.3 is 0 Å². The Balaban J connectivity index is 1.92. The first-order valence-electron chi connectivity index (χ1n) is 5.76. The van der Waals surface area contributed by atoms with Gasteiger partial charge in [-0.2, -0.15) is 0 Å². The van der Waals surface area contributed by atoms with E-state index in [2.05, 4.69) is 15.2 Å². The minimum atomic E-state index is -0.0969. The SMILES string of the molecule is CC(=O)Nc1nc(CN(CCO)C2CC2)cs1. The molecule has 0 saturated heterocycles. The Morgan fingerprint density at radius 1 is 1.71 bits per heavy atom. The van der Waals surface area contributed by atoms with Crippen molar-refractivity contribution in [3.8, 4) is 0 Å². The number of nitrogens with zero attached hydrogens (tertiary/aromatic N) is 2. The molecule has 0 atom stereocenters. The summed E-state index contributed by atoms with van der Waals surface area (Å²) in [6.07, 6.45) is 2.42. The van der Waals surface area contributed by atoms with Crippen molar-refractivity contribution in [2.45, 2.75) is 32.4 Å². The molecule has 0 spiro atoms. The van der Waals surface area contributed by atoms with Crippen LogP contribution in [0.25, 0.3) is 0 Å². The molecule has 1 heterocycles. The molecular weight excluding hydrogens is 238 g/mol. The highest BCUT2D eigenvalue weighted by Crippen LogP contribution is 2.28. The van der Waals surface area contributed by atoms with Crippen LogP contribution >= 0.6 is 11.3 Å². The van der Waals surface area contributed by atoms with Crippen molar-refractivity contribution < 1.29 is 9.90 Å². The lowest BCUT2D eigenvalue weighted by molar-refractivity contribution is -0.114. The topological polar surface area (TPSA) is 65.5 Å². The minimum Gasteiger partial charge on any atom is -0.395 e. The first-order valence-corrected chi connectivity index (χ1v) is 6.64. The van der Waals surface area contributed by atoms with Crippen LogP contribution in [0.1, 0.15) is 25.5 Å². The van der Waals surface area contributed by atoms with Crippen LogP contribution in [0.4, 0.5) is 5.13 Å². The van der Waals surface area contributed by atoms with E-state index in [9.17, 15) is 4.79 Å². The van der Waals surface area contributed by atoms with Crippen molar-refractivity contribution in [1.82, 2.24) is 9.88 Å². The Bertz CT molecular complexity index is 390. The smallest absolute Gasteiger partial charge is 0.223 e. The van der Waals surface area contributed by atoms with Crippen molar-refractivity contribution in [2.24, 2.45) is 0 Å². The van der Waals surface area contributed by atoms with Gasteiger partial charge in [-0.05, 0) is 12.8 Å². The van der Waals surface area contributed by atoms with Gasteiger partial charge in [-0.1, -0.05) is 0 Å². The van der Waals surface area contributed by atoms with Crippen LogP contribution in [0, 0.1) is 0 Å². The lowest BCUT2D eigenvalue weighted by Crippen LogP contribution is -2.28. The number of aliphatic hydroxyl groups is 1. The number of thiazole rings is 1. The molecule has 2 N–H and O–H groups in total. The van der Waals surface area contributed by atoms with E-state index in [1.54, 1.807) is 0 Å². The standard InChI is InChI=1S/C11H17N3O2S/c1-8(16)12-11-13-9(7-17-11)6-14(4-5-15)10-2-3-10/h7,10,15H,2-6H2,1H3,(H,12,13,16). The molecule has 1 aliphatic carbocycles. The normalized spacial score (nSPS) is 15.2. The van der Waals surface area contributed by atoms with Crippen LogP contribution in [-0.2, 0) is 11.3 Å². The summed E-state index contributed by atoms with van der Waals surface area (Å²) in [7, 11) is 0. The summed E-state index contributed by atoms with van der Waals surface area (Å²) in [6, 6.07) is 0.605. The van der Waals surface area contributed by atoms with Gasteiger partial charge < -0.3 is 10.4 Å². The van der Waals surface area contributed by atoms with Gasteiger partial charge in [0.2, 0.25) is 5.91 Å². The number of carbonyl (C=O) groups excluding carboxylic acids is 1. The second-order valence-electron chi connectivity index (χ2n) is 4.25. The van der Waals surface area contributed by atoms with Gasteiger partial charge in [0.1, 0.15) is 0 Å². The highest BCUT2D eigenvalue weighted by Gasteiger charge is 2.28. The number of anilines is 1. The molecule has 94 valence electrons. The second kappa shape index (κ2) is 5.57. The number of hydrogen-bond acceptors (Lipinski definition) is 5. The van der Waals surface area contributed by atoms with Crippen LogP contribution in [-0.4, -0.2) is 40.1 Å².